The van der Waals surface area contributed by atoms with Gasteiger partial charge in [0.1, 0.15) is 0 Å². The lowest BCUT2D eigenvalue weighted by molar-refractivity contribution is 0.461. The maximum absolute atomic E-state index is 4.86. The first kappa shape index (κ1) is 26.5. The van der Waals surface area contributed by atoms with Crippen LogP contribution in [0.3, 0.4) is 0 Å². The van der Waals surface area contributed by atoms with Gasteiger partial charge in [-0.05, 0) is 6.42 Å². The van der Waals surface area contributed by atoms with Crippen molar-refractivity contribution in [1.82, 2.24) is 9.80 Å². The molecule has 0 bridgehead atoms. The van der Waals surface area contributed by atoms with Gasteiger partial charge in [-0.3, -0.25) is 4.99 Å². The number of aliphatic imine (C=N–C) groups is 1. The minimum atomic E-state index is -0.586. The fourth-order valence-corrected chi connectivity index (χ4v) is 4.98. The Morgan fingerprint density at radius 3 is 1.44 bits per heavy atom. The molecule has 0 aliphatic rings. The second-order valence-corrected chi connectivity index (χ2v) is 12.1. The molecule has 3 nitrogen and oxygen atoms in total. The zero-order chi connectivity index (χ0) is 20.3. The molecule has 0 radical (unpaired) electrons. The zero-order valence-electron chi connectivity index (χ0n) is 19.7. The summed E-state index contributed by atoms with van der Waals surface area (Å²) in [5.74, 6) is 1.16. The Morgan fingerprint density at radius 2 is 1.07 bits per heavy atom. The predicted molar refractivity (Wildman–Crippen MR) is 128 cm³/mol. The van der Waals surface area contributed by atoms with Gasteiger partial charge in [-0.25, -0.2) is 0 Å². The third-order valence-corrected chi connectivity index (χ3v) is 6.42. The van der Waals surface area contributed by atoms with Crippen molar-refractivity contribution >= 4 is 14.8 Å². The number of rotatable bonds is 17. The second kappa shape index (κ2) is 18.8. The molecule has 0 aromatic rings. The van der Waals surface area contributed by atoms with Crippen LogP contribution in [0.15, 0.2) is 4.99 Å². The normalized spacial score (nSPS) is 12.0. The van der Waals surface area contributed by atoms with Crippen molar-refractivity contribution in [3.05, 3.63) is 0 Å². The van der Waals surface area contributed by atoms with E-state index in [0.29, 0.717) is 0 Å². The molecule has 0 fully saturated rings. The van der Waals surface area contributed by atoms with Gasteiger partial charge in [0.25, 0.3) is 0 Å². The summed E-state index contributed by atoms with van der Waals surface area (Å²) in [6.45, 7) is 8.08. The van der Waals surface area contributed by atoms with E-state index in [0.717, 1.165) is 12.5 Å². The molecule has 0 aliphatic carbocycles. The zero-order valence-corrected chi connectivity index (χ0v) is 20.9. The van der Waals surface area contributed by atoms with Crippen LogP contribution in [0.25, 0.3) is 0 Å². The maximum Gasteiger partial charge on any atom is 0.195 e. The van der Waals surface area contributed by atoms with Crippen LogP contribution in [0.5, 0.6) is 0 Å². The molecule has 4 heteroatoms. The van der Waals surface area contributed by atoms with Gasteiger partial charge in [-0.2, -0.15) is 0 Å². The number of nitrogens with zero attached hydrogens (tertiary/aromatic N) is 3. The van der Waals surface area contributed by atoms with E-state index in [1.165, 1.54) is 96.1 Å². The first-order chi connectivity index (χ1) is 13.0. The topological polar surface area (TPSA) is 18.8 Å². The molecule has 0 unspecified atom stereocenters. The van der Waals surface area contributed by atoms with Crippen molar-refractivity contribution in [2.75, 3.05) is 33.9 Å². The van der Waals surface area contributed by atoms with E-state index in [9.17, 15) is 0 Å². The fourth-order valence-electron chi connectivity index (χ4n) is 3.72. The second-order valence-electron chi connectivity index (χ2n) is 8.95. The Morgan fingerprint density at radius 1 is 0.667 bits per heavy atom. The third kappa shape index (κ3) is 17.3. The van der Waals surface area contributed by atoms with Gasteiger partial charge in [0.15, 0.2) is 5.96 Å². The average molecular weight is 398 g/mol. The monoisotopic (exact) mass is 397 g/mol. The molecular formula is C23H51N3Si. The minimum absolute atomic E-state index is 0.586. The summed E-state index contributed by atoms with van der Waals surface area (Å²) in [4.78, 5) is 9.38. The summed E-state index contributed by atoms with van der Waals surface area (Å²) in [6, 6.07) is 0. The summed E-state index contributed by atoms with van der Waals surface area (Å²) in [5, 5.41) is 0. The third-order valence-electron chi connectivity index (χ3n) is 5.15. The van der Waals surface area contributed by atoms with Crippen molar-refractivity contribution in [2.24, 2.45) is 4.99 Å². The molecule has 0 N–H and O–H groups in total. The lowest BCUT2D eigenvalue weighted by Crippen LogP contribution is -2.42. The van der Waals surface area contributed by atoms with Crippen LogP contribution >= 0.6 is 0 Å². The van der Waals surface area contributed by atoms with Gasteiger partial charge in [0, 0.05) is 33.9 Å². The highest BCUT2D eigenvalue weighted by Crippen LogP contribution is 2.13. The first-order valence-electron chi connectivity index (χ1n) is 11.9. The Balaban J connectivity index is 3.54. The van der Waals surface area contributed by atoms with Gasteiger partial charge in [0.2, 0.25) is 0 Å². The van der Waals surface area contributed by atoms with Gasteiger partial charge < -0.3 is 9.80 Å². The van der Waals surface area contributed by atoms with Gasteiger partial charge in [-0.15, -0.1) is 0 Å². The standard InChI is InChI=1S/C23H51N3Si/c1-7-8-9-10-11-12-13-14-15-16-17-18-19-20-21-24-23(25(2)3)26(4)22-27(5)6/h27H,7-22H2,1-6H3. The molecule has 0 aliphatic heterocycles. The summed E-state index contributed by atoms with van der Waals surface area (Å²) in [7, 11) is 5.83. The van der Waals surface area contributed by atoms with Crippen molar-refractivity contribution in [3.63, 3.8) is 0 Å². The molecule has 27 heavy (non-hydrogen) atoms. The van der Waals surface area contributed by atoms with Crippen molar-refractivity contribution in [1.29, 1.82) is 0 Å². The van der Waals surface area contributed by atoms with E-state index in [-0.39, 0.29) is 0 Å². The molecule has 0 atom stereocenters. The van der Waals surface area contributed by atoms with Gasteiger partial charge >= 0.3 is 0 Å². The van der Waals surface area contributed by atoms with E-state index in [4.69, 9.17) is 4.99 Å². The number of guanidine groups is 1. The molecule has 0 amide bonds. The number of hydrogen-bond acceptors (Lipinski definition) is 1. The van der Waals surface area contributed by atoms with E-state index in [1.54, 1.807) is 0 Å². The van der Waals surface area contributed by atoms with Crippen LogP contribution < -0.4 is 0 Å². The van der Waals surface area contributed by atoms with E-state index >= 15 is 0 Å². The predicted octanol–water partition coefficient (Wildman–Crippen LogP) is 6.34. The van der Waals surface area contributed by atoms with Crippen LogP contribution in [-0.4, -0.2) is 58.4 Å². The highest BCUT2D eigenvalue weighted by molar-refractivity contribution is 6.56. The van der Waals surface area contributed by atoms with Crippen molar-refractivity contribution < 1.29 is 0 Å². The quantitative estimate of drug-likeness (QED) is 0.123. The lowest BCUT2D eigenvalue weighted by atomic mass is 10.0. The molecule has 0 aromatic carbocycles. The lowest BCUT2D eigenvalue weighted by Gasteiger charge is -2.27. The molecule has 0 saturated heterocycles. The van der Waals surface area contributed by atoms with E-state index in [2.05, 4.69) is 51.0 Å². The van der Waals surface area contributed by atoms with Crippen LogP contribution in [0.2, 0.25) is 13.1 Å². The summed E-state index contributed by atoms with van der Waals surface area (Å²) in [5.41, 5.74) is 0. The Hall–Kier alpha value is -0.513. The Kier molecular flexibility index (Phi) is 18.5. The Bertz CT molecular complexity index is 343. The first-order valence-corrected chi connectivity index (χ1v) is 15.0. The maximum atomic E-state index is 4.86. The molecule has 0 saturated carbocycles. The fraction of sp³-hybridized carbons (Fsp3) is 0.957. The van der Waals surface area contributed by atoms with Crippen LogP contribution in [-0.2, 0) is 0 Å². The number of unbranched alkanes of at least 4 members (excludes halogenated alkanes) is 13. The largest absolute Gasteiger partial charge is 0.349 e. The SMILES string of the molecule is CCCCCCCCCCCCCCCCN=C(N(C)C)N(C)C[SiH](C)C. The molecule has 162 valence electrons. The molecule has 0 rings (SSSR count). The molecule has 0 heterocycles. The average Bonchev–Trinajstić information content (AvgIpc) is 2.60. The summed E-state index contributed by atoms with van der Waals surface area (Å²) in [6.07, 6.45) is 21.0. The summed E-state index contributed by atoms with van der Waals surface area (Å²) < 4.78 is 0. The Labute approximate surface area is 173 Å². The van der Waals surface area contributed by atoms with Crippen LogP contribution in [0.1, 0.15) is 96.8 Å². The highest BCUT2D eigenvalue weighted by atomic mass is 28.3. The highest BCUT2D eigenvalue weighted by Gasteiger charge is 2.10. The van der Waals surface area contributed by atoms with Crippen LogP contribution in [0, 0.1) is 0 Å². The van der Waals surface area contributed by atoms with E-state index < -0.39 is 8.80 Å². The van der Waals surface area contributed by atoms with Crippen molar-refractivity contribution in [3.8, 4) is 0 Å². The molecule has 0 aromatic heterocycles. The summed E-state index contributed by atoms with van der Waals surface area (Å²) >= 11 is 0. The number of hydrogen-bond donors (Lipinski definition) is 0. The van der Waals surface area contributed by atoms with Crippen LogP contribution in [0.4, 0.5) is 0 Å². The minimum Gasteiger partial charge on any atom is -0.349 e. The molecule has 0 spiro atoms. The van der Waals surface area contributed by atoms with Gasteiger partial charge in [0.05, 0.1) is 8.80 Å². The van der Waals surface area contributed by atoms with Gasteiger partial charge in [-0.1, -0.05) is 103 Å². The molecular weight excluding hydrogens is 346 g/mol. The smallest absolute Gasteiger partial charge is 0.195 e. The van der Waals surface area contributed by atoms with E-state index in [1.807, 2.05) is 0 Å². The van der Waals surface area contributed by atoms with Crippen molar-refractivity contribution in [2.45, 2.75) is 110 Å².